The minimum Gasteiger partial charge on any atom is -0.497 e. The minimum atomic E-state index is 0.481. The zero-order valence-electron chi connectivity index (χ0n) is 17.8. The van der Waals surface area contributed by atoms with Crippen LogP contribution in [0.15, 0.2) is 75.7 Å². The summed E-state index contributed by atoms with van der Waals surface area (Å²) >= 11 is 3.04. The molecule has 5 rings (SSSR count). The van der Waals surface area contributed by atoms with Gasteiger partial charge in [0, 0.05) is 0 Å². The molecule has 10 heteroatoms. The van der Waals surface area contributed by atoms with E-state index in [1.54, 1.807) is 25.6 Å². The van der Waals surface area contributed by atoms with Gasteiger partial charge in [0.2, 0.25) is 0 Å². The Morgan fingerprint density at radius 2 is 1.82 bits per heavy atom. The van der Waals surface area contributed by atoms with Gasteiger partial charge in [0.1, 0.15) is 11.5 Å². The summed E-state index contributed by atoms with van der Waals surface area (Å²) in [5.41, 5.74) is 1.74. The minimum absolute atomic E-state index is 0.481. The van der Waals surface area contributed by atoms with Crippen LogP contribution in [0.5, 0.6) is 11.5 Å². The van der Waals surface area contributed by atoms with E-state index in [9.17, 15) is 0 Å². The highest BCUT2D eigenvalue weighted by atomic mass is 32.2. The van der Waals surface area contributed by atoms with Crippen LogP contribution in [-0.4, -0.2) is 39.1 Å². The molecule has 0 aliphatic heterocycles. The third kappa shape index (κ3) is 4.35. The van der Waals surface area contributed by atoms with Crippen molar-refractivity contribution in [2.75, 3.05) is 14.2 Å². The predicted molar refractivity (Wildman–Crippen MR) is 127 cm³/mol. The zero-order valence-corrected chi connectivity index (χ0v) is 19.5. The van der Waals surface area contributed by atoms with Gasteiger partial charge in [0.25, 0.3) is 5.89 Å². The van der Waals surface area contributed by atoms with Crippen LogP contribution in [0.1, 0.15) is 5.82 Å². The van der Waals surface area contributed by atoms with Crippen LogP contribution in [0.25, 0.3) is 27.8 Å². The number of methoxy groups -OCH3 is 2. The lowest BCUT2D eigenvalue weighted by Gasteiger charge is -2.12. The lowest BCUT2D eigenvalue weighted by Crippen LogP contribution is -2.01. The second kappa shape index (κ2) is 9.47. The Kier molecular flexibility index (Phi) is 6.09. The number of aromatic nitrogens is 5. The molecule has 0 atom stereocenters. The summed E-state index contributed by atoms with van der Waals surface area (Å²) in [4.78, 5) is 5.45. The van der Waals surface area contributed by atoms with Gasteiger partial charge in [-0.25, -0.2) is 0 Å². The number of hydrogen-bond acceptors (Lipinski definition) is 9. The van der Waals surface area contributed by atoms with Gasteiger partial charge in [0.05, 0.1) is 36.1 Å². The molecule has 0 bridgehead atoms. The summed E-state index contributed by atoms with van der Waals surface area (Å²) < 4.78 is 18.3. The molecule has 0 aliphatic carbocycles. The Hall–Kier alpha value is -3.63. The van der Waals surface area contributed by atoms with E-state index >= 15 is 0 Å². The molecule has 0 spiro atoms. The molecule has 3 aromatic heterocycles. The molecule has 2 aromatic carbocycles. The molecule has 0 unspecified atom stereocenters. The number of nitrogens with zero attached hydrogens (tertiary/aromatic N) is 5. The van der Waals surface area contributed by atoms with Crippen molar-refractivity contribution in [3.05, 3.63) is 71.9 Å². The molecule has 0 saturated carbocycles. The lowest BCUT2D eigenvalue weighted by atomic mass is 10.2. The molecule has 0 amide bonds. The Morgan fingerprint density at radius 1 is 0.970 bits per heavy atom. The third-order valence-corrected chi connectivity index (χ3v) is 6.63. The summed E-state index contributed by atoms with van der Waals surface area (Å²) in [7, 11) is 3.29. The van der Waals surface area contributed by atoms with Crippen LogP contribution >= 0.6 is 23.1 Å². The smallest absolute Gasteiger partial charge is 0.268 e. The molecule has 0 radical (unpaired) electrons. The molecular formula is C23H19N5O3S2. The first-order chi connectivity index (χ1) is 16.3. The molecule has 0 fully saturated rings. The van der Waals surface area contributed by atoms with Gasteiger partial charge in [-0.3, -0.25) is 4.57 Å². The average molecular weight is 478 g/mol. The average Bonchev–Trinajstić information content (AvgIpc) is 3.63. The standard InChI is InChI=1S/C23H19N5O3S2/c1-29-16-11-9-15(10-12-16)28-21(17-6-3-4-7-18(17)30-2)25-26-23(28)33-14-20-24-22(31-27-20)19-8-5-13-32-19/h3-13H,14H2,1-2H3. The van der Waals surface area contributed by atoms with E-state index in [1.807, 2.05) is 70.6 Å². The van der Waals surface area contributed by atoms with Gasteiger partial charge in [-0.1, -0.05) is 35.1 Å². The summed E-state index contributed by atoms with van der Waals surface area (Å²) in [6, 6.07) is 19.4. The number of thioether (sulfide) groups is 1. The molecule has 8 nitrogen and oxygen atoms in total. The van der Waals surface area contributed by atoms with Crippen LogP contribution in [0, 0.1) is 0 Å². The first-order valence-electron chi connectivity index (χ1n) is 9.99. The summed E-state index contributed by atoms with van der Waals surface area (Å²) in [5, 5.41) is 15.7. The van der Waals surface area contributed by atoms with Crippen LogP contribution < -0.4 is 9.47 Å². The molecule has 0 aliphatic rings. The van der Waals surface area contributed by atoms with Gasteiger partial charge >= 0.3 is 0 Å². The number of rotatable bonds is 8. The van der Waals surface area contributed by atoms with E-state index in [2.05, 4.69) is 20.3 Å². The molecule has 0 saturated heterocycles. The first kappa shape index (κ1) is 21.2. The van der Waals surface area contributed by atoms with Gasteiger partial charge in [0.15, 0.2) is 16.8 Å². The van der Waals surface area contributed by atoms with Crippen molar-refractivity contribution in [3.63, 3.8) is 0 Å². The van der Waals surface area contributed by atoms with Crippen LogP contribution in [0.4, 0.5) is 0 Å². The van der Waals surface area contributed by atoms with Gasteiger partial charge in [-0.15, -0.1) is 21.5 Å². The van der Waals surface area contributed by atoms with Crippen LogP contribution in [0.2, 0.25) is 0 Å². The Balaban J connectivity index is 1.49. The van der Waals surface area contributed by atoms with Gasteiger partial charge < -0.3 is 14.0 Å². The normalized spacial score (nSPS) is 11.0. The number of para-hydroxylation sites is 1. The van der Waals surface area contributed by atoms with E-state index in [1.165, 1.54) is 11.8 Å². The third-order valence-electron chi connectivity index (χ3n) is 4.84. The SMILES string of the molecule is COc1ccc(-n2c(SCc3noc(-c4cccs4)n3)nnc2-c2ccccc2OC)cc1. The van der Waals surface area contributed by atoms with Crippen molar-refractivity contribution in [2.45, 2.75) is 10.9 Å². The highest BCUT2D eigenvalue weighted by molar-refractivity contribution is 7.98. The Morgan fingerprint density at radius 3 is 2.58 bits per heavy atom. The van der Waals surface area contributed by atoms with Crippen LogP contribution in [-0.2, 0) is 5.75 Å². The maximum atomic E-state index is 5.56. The van der Waals surface area contributed by atoms with Crippen molar-refractivity contribution < 1.29 is 14.0 Å². The number of benzene rings is 2. The summed E-state index contributed by atoms with van der Waals surface area (Å²) in [5.74, 6) is 3.75. The zero-order chi connectivity index (χ0) is 22.6. The largest absolute Gasteiger partial charge is 0.497 e. The monoisotopic (exact) mass is 477 g/mol. The molecule has 166 valence electrons. The van der Waals surface area contributed by atoms with E-state index in [0.717, 1.165) is 27.6 Å². The number of hydrogen-bond donors (Lipinski definition) is 0. The van der Waals surface area contributed by atoms with Crippen molar-refractivity contribution in [3.8, 4) is 39.3 Å². The van der Waals surface area contributed by atoms with Crippen molar-refractivity contribution in [1.29, 1.82) is 0 Å². The highest BCUT2D eigenvalue weighted by Gasteiger charge is 2.20. The fourth-order valence-electron chi connectivity index (χ4n) is 3.27. The molecule has 33 heavy (non-hydrogen) atoms. The molecule has 3 heterocycles. The van der Waals surface area contributed by atoms with E-state index < -0.39 is 0 Å². The first-order valence-corrected chi connectivity index (χ1v) is 11.9. The Bertz CT molecular complexity index is 1350. The molecular weight excluding hydrogens is 458 g/mol. The molecule has 5 aromatic rings. The van der Waals surface area contributed by atoms with Crippen LogP contribution in [0.3, 0.4) is 0 Å². The van der Waals surface area contributed by atoms with Crippen molar-refractivity contribution in [1.82, 2.24) is 24.9 Å². The number of ether oxygens (including phenoxy) is 2. The summed E-state index contributed by atoms with van der Waals surface area (Å²) in [6.07, 6.45) is 0. The van der Waals surface area contributed by atoms with Crippen molar-refractivity contribution >= 4 is 23.1 Å². The quantitative estimate of drug-likeness (QED) is 0.276. The maximum Gasteiger partial charge on any atom is 0.268 e. The molecule has 0 N–H and O–H groups in total. The second-order valence-corrected chi connectivity index (χ2v) is 8.71. The predicted octanol–water partition coefficient (Wildman–Crippen LogP) is 5.36. The van der Waals surface area contributed by atoms with Gasteiger partial charge in [-0.05, 0) is 47.8 Å². The van der Waals surface area contributed by atoms with E-state index in [-0.39, 0.29) is 0 Å². The highest BCUT2D eigenvalue weighted by Crippen LogP contribution is 2.34. The van der Waals surface area contributed by atoms with E-state index in [0.29, 0.717) is 28.4 Å². The maximum absolute atomic E-state index is 5.56. The fraction of sp³-hybridized carbons (Fsp3) is 0.130. The lowest BCUT2D eigenvalue weighted by molar-refractivity contribution is 0.414. The summed E-state index contributed by atoms with van der Waals surface area (Å²) in [6.45, 7) is 0. The van der Waals surface area contributed by atoms with E-state index in [4.69, 9.17) is 14.0 Å². The van der Waals surface area contributed by atoms with Crippen molar-refractivity contribution in [2.24, 2.45) is 0 Å². The van der Waals surface area contributed by atoms with Gasteiger partial charge in [-0.2, -0.15) is 4.98 Å². The second-order valence-electron chi connectivity index (χ2n) is 6.82. The Labute approximate surface area is 198 Å². The number of thiophene rings is 1. The topological polar surface area (TPSA) is 88.1 Å². The fourth-order valence-corrected chi connectivity index (χ4v) is 4.71.